The summed E-state index contributed by atoms with van der Waals surface area (Å²) in [6, 6.07) is 5.54. The highest BCUT2D eigenvalue weighted by Crippen LogP contribution is 2.22. The summed E-state index contributed by atoms with van der Waals surface area (Å²) in [5.41, 5.74) is 7.44. The number of allylic oxidation sites excluding steroid dienone is 1. The number of ether oxygens (including phenoxy) is 1. The van der Waals surface area contributed by atoms with Crippen LogP contribution in [-0.2, 0) is 6.42 Å². The van der Waals surface area contributed by atoms with Gasteiger partial charge in [-0.3, -0.25) is 0 Å². The Balaban J connectivity index is 2.71. The fraction of sp³-hybridized carbons (Fsp3) is 0.333. The molecule has 15 heavy (non-hydrogen) atoms. The first-order valence-corrected chi connectivity index (χ1v) is 5.01. The quantitative estimate of drug-likeness (QED) is 0.424. The topological polar surface area (TPSA) is 55.5 Å². The highest BCUT2D eigenvalue weighted by molar-refractivity contribution is 5.48. The molecule has 0 fully saturated rings. The van der Waals surface area contributed by atoms with Crippen LogP contribution < -0.4 is 10.5 Å². The van der Waals surface area contributed by atoms with Gasteiger partial charge in [-0.2, -0.15) is 0 Å². The molecule has 1 aromatic carbocycles. The first-order valence-electron chi connectivity index (χ1n) is 5.01. The molecule has 0 bridgehead atoms. The highest BCUT2D eigenvalue weighted by Gasteiger charge is 2.02. The maximum atomic E-state index is 8.64. The number of hydrogen-bond acceptors (Lipinski definition) is 3. The predicted molar refractivity (Wildman–Crippen MR) is 62.0 cm³/mol. The third-order valence-electron chi connectivity index (χ3n) is 2.01. The molecule has 0 saturated heterocycles. The van der Waals surface area contributed by atoms with Gasteiger partial charge in [0.05, 0.1) is 6.61 Å². The Morgan fingerprint density at radius 2 is 2.27 bits per heavy atom. The molecule has 0 aromatic heterocycles. The number of rotatable bonds is 6. The number of hydrogen-bond donors (Lipinski definition) is 2. The number of nitrogens with two attached hydrogens (primary N) is 1. The van der Waals surface area contributed by atoms with E-state index in [9.17, 15) is 0 Å². The molecule has 0 atom stereocenters. The van der Waals surface area contributed by atoms with Crippen LogP contribution in [0.5, 0.6) is 5.75 Å². The number of aliphatic hydroxyl groups is 1. The Kier molecular flexibility index (Phi) is 4.71. The van der Waals surface area contributed by atoms with E-state index in [0.29, 0.717) is 13.0 Å². The number of aliphatic hydroxyl groups excluding tert-OH is 1. The minimum absolute atomic E-state index is 0.145. The van der Waals surface area contributed by atoms with Crippen molar-refractivity contribution in [3.63, 3.8) is 0 Å². The fourth-order valence-electron chi connectivity index (χ4n) is 1.30. The van der Waals surface area contributed by atoms with Gasteiger partial charge in [0.25, 0.3) is 0 Å². The van der Waals surface area contributed by atoms with Gasteiger partial charge in [-0.05, 0) is 30.2 Å². The van der Waals surface area contributed by atoms with Crippen molar-refractivity contribution in [3.8, 4) is 5.75 Å². The van der Waals surface area contributed by atoms with Gasteiger partial charge in [-0.1, -0.05) is 6.08 Å². The number of benzene rings is 1. The molecule has 0 heterocycles. The van der Waals surface area contributed by atoms with Crippen molar-refractivity contribution in [2.24, 2.45) is 0 Å². The maximum Gasteiger partial charge on any atom is 0.122 e. The smallest absolute Gasteiger partial charge is 0.122 e. The van der Waals surface area contributed by atoms with Crippen LogP contribution in [0.4, 0.5) is 5.69 Å². The van der Waals surface area contributed by atoms with Crippen LogP contribution in [0.1, 0.15) is 12.0 Å². The average Bonchev–Trinajstić information content (AvgIpc) is 2.22. The summed E-state index contributed by atoms with van der Waals surface area (Å²) in [5, 5.41) is 8.64. The van der Waals surface area contributed by atoms with Gasteiger partial charge in [-0.25, -0.2) is 0 Å². The molecule has 3 nitrogen and oxygen atoms in total. The van der Waals surface area contributed by atoms with Crippen LogP contribution in [0, 0.1) is 0 Å². The Hall–Kier alpha value is -1.48. The summed E-state index contributed by atoms with van der Waals surface area (Å²) in [6.07, 6.45) is 3.19. The Labute approximate surface area is 90.2 Å². The third-order valence-corrected chi connectivity index (χ3v) is 2.01. The molecule has 0 aliphatic heterocycles. The molecule has 0 radical (unpaired) electrons. The molecule has 0 unspecified atom stereocenters. The van der Waals surface area contributed by atoms with Crippen LogP contribution in [0.25, 0.3) is 0 Å². The SMILES string of the molecule is C=CCc1cc(N)ccc1OCCCO. The molecule has 82 valence electrons. The second-order valence-electron chi connectivity index (χ2n) is 3.29. The molecule has 1 aromatic rings. The summed E-state index contributed by atoms with van der Waals surface area (Å²) in [7, 11) is 0. The number of anilines is 1. The van der Waals surface area contributed by atoms with Crippen LogP contribution in [0.15, 0.2) is 30.9 Å². The molecule has 0 spiro atoms. The van der Waals surface area contributed by atoms with E-state index < -0.39 is 0 Å². The standard InChI is InChI=1S/C12H17NO2/c1-2-4-10-9-11(13)5-6-12(10)15-8-3-7-14/h2,5-6,9,14H,1,3-4,7-8,13H2. The lowest BCUT2D eigenvalue weighted by Gasteiger charge is -2.10. The molecule has 0 aliphatic carbocycles. The summed E-state index contributed by atoms with van der Waals surface area (Å²) in [4.78, 5) is 0. The summed E-state index contributed by atoms with van der Waals surface area (Å²) < 4.78 is 5.52. The van der Waals surface area contributed by atoms with E-state index in [1.807, 2.05) is 18.2 Å². The zero-order valence-electron chi connectivity index (χ0n) is 8.78. The zero-order valence-corrected chi connectivity index (χ0v) is 8.78. The lowest BCUT2D eigenvalue weighted by atomic mass is 10.1. The van der Waals surface area contributed by atoms with Crippen molar-refractivity contribution in [2.45, 2.75) is 12.8 Å². The van der Waals surface area contributed by atoms with Crippen molar-refractivity contribution in [1.82, 2.24) is 0 Å². The van der Waals surface area contributed by atoms with Crippen molar-refractivity contribution < 1.29 is 9.84 Å². The van der Waals surface area contributed by atoms with Crippen LogP contribution in [0.2, 0.25) is 0 Å². The molecule has 3 heteroatoms. The zero-order chi connectivity index (χ0) is 11.1. The lowest BCUT2D eigenvalue weighted by Crippen LogP contribution is -2.02. The van der Waals surface area contributed by atoms with E-state index in [1.165, 1.54) is 0 Å². The maximum absolute atomic E-state index is 8.64. The Morgan fingerprint density at radius 3 is 2.93 bits per heavy atom. The van der Waals surface area contributed by atoms with Gasteiger partial charge in [0.1, 0.15) is 5.75 Å². The van der Waals surface area contributed by atoms with Crippen molar-refractivity contribution >= 4 is 5.69 Å². The first kappa shape index (κ1) is 11.6. The third kappa shape index (κ3) is 3.64. The average molecular weight is 207 g/mol. The van der Waals surface area contributed by atoms with Crippen molar-refractivity contribution in [2.75, 3.05) is 18.9 Å². The van der Waals surface area contributed by atoms with Gasteiger partial charge in [0.2, 0.25) is 0 Å². The molecule has 0 aliphatic rings. The Morgan fingerprint density at radius 1 is 1.47 bits per heavy atom. The van der Waals surface area contributed by atoms with Crippen molar-refractivity contribution in [3.05, 3.63) is 36.4 Å². The lowest BCUT2D eigenvalue weighted by molar-refractivity contribution is 0.232. The van der Waals surface area contributed by atoms with E-state index in [-0.39, 0.29) is 6.61 Å². The molecular formula is C12H17NO2. The fourth-order valence-corrected chi connectivity index (χ4v) is 1.30. The second-order valence-corrected chi connectivity index (χ2v) is 3.29. The van der Waals surface area contributed by atoms with E-state index in [2.05, 4.69) is 6.58 Å². The minimum Gasteiger partial charge on any atom is -0.493 e. The molecule has 0 saturated carbocycles. The highest BCUT2D eigenvalue weighted by atomic mass is 16.5. The largest absolute Gasteiger partial charge is 0.493 e. The van der Waals surface area contributed by atoms with E-state index in [4.69, 9.17) is 15.6 Å². The predicted octanol–water partition coefficient (Wildman–Crippen LogP) is 1.76. The van der Waals surface area contributed by atoms with Crippen LogP contribution >= 0.6 is 0 Å². The van der Waals surface area contributed by atoms with Crippen LogP contribution in [-0.4, -0.2) is 18.3 Å². The summed E-state index contributed by atoms with van der Waals surface area (Å²) >= 11 is 0. The monoisotopic (exact) mass is 207 g/mol. The molecule has 3 N–H and O–H groups in total. The molecule has 1 rings (SSSR count). The Bertz CT molecular complexity index is 323. The van der Waals surface area contributed by atoms with Crippen molar-refractivity contribution in [1.29, 1.82) is 0 Å². The summed E-state index contributed by atoms with van der Waals surface area (Å²) in [6.45, 7) is 4.35. The van der Waals surface area contributed by atoms with Gasteiger partial charge in [0.15, 0.2) is 0 Å². The van der Waals surface area contributed by atoms with E-state index in [0.717, 1.165) is 23.4 Å². The van der Waals surface area contributed by atoms with E-state index >= 15 is 0 Å². The van der Waals surface area contributed by atoms with E-state index in [1.54, 1.807) is 6.07 Å². The van der Waals surface area contributed by atoms with Crippen LogP contribution in [0.3, 0.4) is 0 Å². The van der Waals surface area contributed by atoms with Gasteiger partial charge < -0.3 is 15.6 Å². The van der Waals surface area contributed by atoms with Gasteiger partial charge in [-0.15, -0.1) is 6.58 Å². The first-order chi connectivity index (χ1) is 7.27. The normalized spacial score (nSPS) is 9.93. The number of nitrogen functional groups attached to an aromatic ring is 1. The molecular weight excluding hydrogens is 190 g/mol. The summed E-state index contributed by atoms with van der Waals surface area (Å²) in [5.74, 6) is 0.817. The minimum atomic E-state index is 0.145. The van der Waals surface area contributed by atoms with Gasteiger partial charge >= 0.3 is 0 Å². The van der Waals surface area contributed by atoms with Gasteiger partial charge in [0, 0.05) is 18.7 Å². The second kappa shape index (κ2) is 6.09. The molecule has 0 amide bonds.